The van der Waals surface area contributed by atoms with Gasteiger partial charge < -0.3 is 10.1 Å². The number of halogens is 1. The molecule has 0 saturated carbocycles. The van der Waals surface area contributed by atoms with Crippen molar-refractivity contribution >= 4 is 22.3 Å². The van der Waals surface area contributed by atoms with Gasteiger partial charge in [-0.3, -0.25) is 4.98 Å². The largest absolute Gasteiger partial charge is 0.495 e. The highest BCUT2D eigenvalue weighted by Crippen LogP contribution is 2.30. The van der Waals surface area contributed by atoms with Crippen LogP contribution >= 0.6 is 0 Å². The molecule has 0 amide bonds. The van der Waals surface area contributed by atoms with Gasteiger partial charge in [0.1, 0.15) is 11.6 Å². The maximum Gasteiger partial charge on any atom is 0.142 e. The van der Waals surface area contributed by atoms with Crippen LogP contribution in [-0.4, -0.2) is 12.1 Å². The number of para-hydroxylation sites is 1. The molecule has 1 heterocycles. The standard InChI is InChI=1S/C16H13FN2O/c1-20-15-8-7-12(17)10-14(15)19-13-6-2-4-11-5-3-9-18-16(11)13/h2-10,19H,1H3. The average Bonchev–Trinajstić information content (AvgIpc) is 2.48. The lowest BCUT2D eigenvalue weighted by Gasteiger charge is -2.12. The topological polar surface area (TPSA) is 34.1 Å². The lowest BCUT2D eigenvalue weighted by atomic mass is 10.2. The van der Waals surface area contributed by atoms with E-state index in [1.54, 1.807) is 19.4 Å². The fourth-order valence-corrected chi connectivity index (χ4v) is 2.13. The van der Waals surface area contributed by atoms with Gasteiger partial charge in [-0.25, -0.2) is 4.39 Å². The molecule has 0 aliphatic carbocycles. The first-order valence-electron chi connectivity index (χ1n) is 6.22. The fourth-order valence-electron chi connectivity index (χ4n) is 2.13. The van der Waals surface area contributed by atoms with Crippen molar-refractivity contribution in [3.63, 3.8) is 0 Å². The number of nitrogens with one attached hydrogen (secondary N) is 1. The maximum atomic E-state index is 13.4. The molecule has 100 valence electrons. The highest BCUT2D eigenvalue weighted by Gasteiger charge is 2.07. The number of anilines is 2. The normalized spacial score (nSPS) is 10.5. The number of aromatic nitrogens is 1. The van der Waals surface area contributed by atoms with Crippen LogP contribution in [0.5, 0.6) is 5.75 Å². The molecule has 0 aliphatic rings. The number of rotatable bonds is 3. The zero-order valence-electron chi connectivity index (χ0n) is 10.9. The Labute approximate surface area is 116 Å². The van der Waals surface area contributed by atoms with Gasteiger partial charge in [0.25, 0.3) is 0 Å². The molecule has 4 heteroatoms. The summed E-state index contributed by atoms with van der Waals surface area (Å²) in [7, 11) is 1.56. The Bertz CT molecular complexity index is 753. The molecule has 20 heavy (non-hydrogen) atoms. The monoisotopic (exact) mass is 268 g/mol. The van der Waals surface area contributed by atoms with E-state index >= 15 is 0 Å². The number of fused-ring (bicyclic) bond motifs is 1. The number of methoxy groups -OCH3 is 1. The zero-order chi connectivity index (χ0) is 13.9. The van der Waals surface area contributed by atoms with Crippen molar-refractivity contribution in [1.29, 1.82) is 0 Å². The third-order valence-corrected chi connectivity index (χ3v) is 3.06. The molecule has 1 N–H and O–H groups in total. The first kappa shape index (κ1) is 12.4. The van der Waals surface area contributed by atoms with Gasteiger partial charge >= 0.3 is 0 Å². The van der Waals surface area contributed by atoms with E-state index in [2.05, 4.69) is 10.3 Å². The zero-order valence-corrected chi connectivity index (χ0v) is 10.9. The van der Waals surface area contributed by atoms with Crippen molar-refractivity contribution in [2.24, 2.45) is 0 Å². The van der Waals surface area contributed by atoms with E-state index in [-0.39, 0.29) is 5.82 Å². The molecule has 0 unspecified atom stereocenters. The van der Waals surface area contributed by atoms with Crippen molar-refractivity contribution in [3.8, 4) is 5.75 Å². The van der Waals surface area contributed by atoms with Gasteiger partial charge in [0.05, 0.1) is 24.0 Å². The summed E-state index contributed by atoms with van der Waals surface area (Å²) in [6.07, 6.45) is 1.73. The molecule has 0 spiro atoms. The smallest absolute Gasteiger partial charge is 0.142 e. The van der Waals surface area contributed by atoms with E-state index in [9.17, 15) is 4.39 Å². The van der Waals surface area contributed by atoms with Crippen LogP contribution in [0, 0.1) is 5.82 Å². The van der Waals surface area contributed by atoms with Crippen molar-refractivity contribution < 1.29 is 9.13 Å². The Morgan fingerprint density at radius 1 is 1.05 bits per heavy atom. The van der Waals surface area contributed by atoms with E-state index in [0.29, 0.717) is 11.4 Å². The van der Waals surface area contributed by atoms with E-state index in [1.165, 1.54) is 12.1 Å². The Morgan fingerprint density at radius 2 is 1.90 bits per heavy atom. The van der Waals surface area contributed by atoms with Crippen LogP contribution in [0.2, 0.25) is 0 Å². The van der Waals surface area contributed by atoms with E-state index in [1.807, 2.05) is 30.3 Å². The third-order valence-electron chi connectivity index (χ3n) is 3.06. The predicted molar refractivity (Wildman–Crippen MR) is 78.0 cm³/mol. The Kier molecular flexibility index (Phi) is 3.21. The molecular formula is C16H13FN2O. The summed E-state index contributed by atoms with van der Waals surface area (Å²) >= 11 is 0. The quantitative estimate of drug-likeness (QED) is 0.775. The minimum absolute atomic E-state index is 0.318. The number of nitrogens with zero attached hydrogens (tertiary/aromatic N) is 1. The lowest BCUT2D eigenvalue weighted by Crippen LogP contribution is -1.96. The number of pyridine rings is 1. The summed E-state index contributed by atoms with van der Waals surface area (Å²) in [6.45, 7) is 0. The molecular weight excluding hydrogens is 255 g/mol. The van der Waals surface area contributed by atoms with E-state index in [4.69, 9.17) is 4.74 Å². The second-order valence-electron chi connectivity index (χ2n) is 4.35. The number of hydrogen-bond donors (Lipinski definition) is 1. The molecule has 0 aliphatic heterocycles. The highest BCUT2D eigenvalue weighted by atomic mass is 19.1. The third kappa shape index (κ3) is 2.28. The van der Waals surface area contributed by atoms with Gasteiger partial charge in [-0.05, 0) is 24.3 Å². The highest BCUT2D eigenvalue weighted by molar-refractivity contribution is 5.92. The van der Waals surface area contributed by atoms with Gasteiger partial charge in [-0.15, -0.1) is 0 Å². The van der Waals surface area contributed by atoms with Gasteiger partial charge in [-0.1, -0.05) is 18.2 Å². The molecule has 0 bridgehead atoms. The summed E-state index contributed by atoms with van der Waals surface area (Å²) in [5.74, 6) is 0.265. The minimum Gasteiger partial charge on any atom is -0.495 e. The minimum atomic E-state index is -0.318. The fraction of sp³-hybridized carbons (Fsp3) is 0.0625. The van der Waals surface area contributed by atoms with Gasteiger partial charge in [0.15, 0.2) is 0 Å². The van der Waals surface area contributed by atoms with Crippen LogP contribution in [-0.2, 0) is 0 Å². The average molecular weight is 268 g/mol. The summed E-state index contributed by atoms with van der Waals surface area (Å²) < 4.78 is 18.6. The van der Waals surface area contributed by atoms with Crippen LogP contribution in [0.3, 0.4) is 0 Å². The molecule has 0 radical (unpaired) electrons. The van der Waals surface area contributed by atoms with Crippen LogP contribution in [0.1, 0.15) is 0 Å². The summed E-state index contributed by atoms with van der Waals surface area (Å²) in [4.78, 5) is 4.36. The second-order valence-corrected chi connectivity index (χ2v) is 4.35. The Hall–Kier alpha value is -2.62. The van der Waals surface area contributed by atoms with Crippen molar-refractivity contribution in [2.45, 2.75) is 0 Å². The van der Waals surface area contributed by atoms with Crippen molar-refractivity contribution in [2.75, 3.05) is 12.4 Å². The summed E-state index contributed by atoms with van der Waals surface area (Å²) in [5, 5.41) is 4.20. The molecule has 2 aromatic carbocycles. The summed E-state index contributed by atoms with van der Waals surface area (Å²) in [6, 6.07) is 14.0. The Balaban J connectivity index is 2.07. The molecule has 0 atom stereocenters. The Morgan fingerprint density at radius 3 is 2.75 bits per heavy atom. The summed E-state index contributed by atoms with van der Waals surface area (Å²) in [5.41, 5.74) is 2.22. The van der Waals surface area contributed by atoms with Gasteiger partial charge in [-0.2, -0.15) is 0 Å². The second kappa shape index (κ2) is 5.17. The van der Waals surface area contributed by atoms with Crippen molar-refractivity contribution in [3.05, 3.63) is 60.5 Å². The first-order chi connectivity index (χ1) is 9.78. The van der Waals surface area contributed by atoms with Crippen LogP contribution in [0.25, 0.3) is 10.9 Å². The van der Waals surface area contributed by atoms with Crippen LogP contribution < -0.4 is 10.1 Å². The first-order valence-corrected chi connectivity index (χ1v) is 6.22. The maximum absolute atomic E-state index is 13.4. The van der Waals surface area contributed by atoms with Crippen LogP contribution in [0.15, 0.2) is 54.7 Å². The number of hydrogen-bond acceptors (Lipinski definition) is 3. The predicted octanol–water partition coefficient (Wildman–Crippen LogP) is 4.13. The molecule has 0 fully saturated rings. The molecule has 0 saturated heterocycles. The molecule has 1 aromatic heterocycles. The lowest BCUT2D eigenvalue weighted by molar-refractivity contribution is 0.416. The van der Waals surface area contributed by atoms with Crippen LogP contribution in [0.4, 0.5) is 15.8 Å². The number of ether oxygens (including phenoxy) is 1. The van der Waals surface area contributed by atoms with E-state index in [0.717, 1.165) is 16.6 Å². The molecule has 3 aromatic rings. The SMILES string of the molecule is COc1ccc(F)cc1Nc1cccc2cccnc12. The molecule has 3 rings (SSSR count). The van der Waals surface area contributed by atoms with Crippen molar-refractivity contribution in [1.82, 2.24) is 4.98 Å². The molecule has 3 nitrogen and oxygen atoms in total. The van der Waals surface area contributed by atoms with Gasteiger partial charge in [0.2, 0.25) is 0 Å². The van der Waals surface area contributed by atoms with Gasteiger partial charge in [0, 0.05) is 17.6 Å². The number of benzene rings is 2. The van der Waals surface area contributed by atoms with E-state index < -0.39 is 0 Å².